The normalized spacial score (nSPS) is 10.0. The summed E-state index contributed by atoms with van der Waals surface area (Å²) in [5, 5.41) is 0. The summed E-state index contributed by atoms with van der Waals surface area (Å²) >= 11 is 0. The molecular formula is C10H13NO3. The Morgan fingerprint density at radius 2 is 2.14 bits per heavy atom. The van der Waals surface area contributed by atoms with Crippen LogP contribution in [0.2, 0.25) is 0 Å². The molecule has 0 N–H and O–H groups in total. The Hall–Kier alpha value is -1.58. The molecule has 0 saturated carbocycles. The number of methoxy groups -OCH3 is 1. The van der Waals surface area contributed by atoms with Gasteiger partial charge in [-0.1, -0.05) is 0 Å². The van der Waals surface area contributed by atoms with E-state index < -0.39 is 5.97 Å². The molecule has 0 atom stereocenters. The molecular weight excluding hydrogens is 182 g/mol. The quantitative estimate of drug-likeness (QED) is 0.688. The molecule has 0 saturated heterocycles. The van der Waals surface area contributed by atoms with Gasteiger partial charge < -0.3 is 9.47 Å². The van der Waals surface area contributed by atoms with E-state index in [1.165, 1.54) is 13.3 Å². The molecule has 4 heteroatoms. The standard InChI is InChI=1S/C10H13NO3/c1-7(2)14-9-5-4-8(6-11-9)10(12)13-3/h4-7H,1-3H3. The van der Waals surface area contributed by atoms with E-state index in [1.54, 1.807) is 12.1 Å². The maximum atomic E-state index is 11.0. The van der Waals surface area contributed by atoms with Gasteiger partial charge in [-0.05, 0) is 19.9 Å². The Bertz CT molecular complexity index is 306. The fourth-order valence-electron chi connectivity index (χ4n) is 0.930. The zero-order chi connectivity index (χ0) is 10.6. The SMILES string of the molecule is COC(=O)c1ccc(OC(C)C)nc1. The molecule has 4 nitrogen and oxygen atoms in total. The van der Waals surface area contributed by atoms with Crippen molar-refractivity contribution in [2.75, 3.05) is 7.11 Å². The van der Waals surface area contributed by atoms with Crippen molar-refractivity contribution >= 4 is 5.97 Å². The van der Waals surface area contributed by atoms with Crippen LogP contribution in [0.5, 0.6) is 5.88 Å². The molecule has 0 radical (unpaired) electrons. The molecule has 1 aromatic rings. The Balaban J connectivity index is 2.73. The van der Waals surface area contributed by atoms with Crippen LogP contribution < -0.4 is 4.74 Å². The Morgan fingerprint density at radius 3 is 2.57 bits per heavy atom. The first-order valence-corrected chi connectivity index (χ1v) is 4.34. The molecule has 14 heavy (non-hydrogen) atoms. The minimum absolute atomic E-state index is 0.0754. The highest BCUT2D eigenvalue weighted by Gasteiger charge is 2.06. The van der Waals surface area contributed by atoms with Crippen molar-refractivity contribution in [2.45, 2.75) is 20.0 Å². The van der Waals surface area contributed by atoms with Gasteiger partial charge in [-0.15, -0.1) is 0 Å². The summed E-state index contributed by atoms with van der Waals surface area (Å²) in [6, 6.07) is 3.27. The number of aromatic nitrogens is 1. The number of pyridine rings is 1. The molecule has 76 valence electrons. The zero-order valence-corrected chi connectivity index (χ0v) is 8.48. The molecule has 1 aromatic heterocycles. The van der Waals surface area contributed by atoms with E-state index in [4.69, 9.17) is 4.74 Å². The van der Waals surface area contributed by atoms with Crippen LogP contribution in [0.1, 0.15) is 24.2 Å². The number of hydrogen-bond acceptors (Lipinski definition) is 4. The number of carbonyl (C=O) groups excluding carboxylic acids is 1. The molecule has 0 spiro atoms. The van der Waals surface area contributed by atoms with Gasteiger partial charge >= 0.3 is 5.97 Å². The Labute approximate surface area is 82.9 Å². The van der Waals surface area contributed by atoms with Crippen molar-refractivity contribution in [1.82, 2.24) is 4.98 Å². The highest BCUT2D eigenvalue weighted by molar-refractivity contribution is 5.88. The summed E-state index contributed by atoms with van der Waals surface area (Å²) < 4.78 is 9.86. The van der Waals surface area contributed by atoms with Crippen LogP contribution in [0, 0.1) is 0 Å². The first-order valence-electron chi connectivity index (χ1n) is 4.34. The number of rotatable bonds is 3. The van der Waals surface area contributed by atoms with E-state index in [2.05, 4.69) is 9.72 Å². The first kappa shape index (κ1) is 10.5. The van der Waals surface area contributed by atoms with Gasteiger partial charge in [-0.3, -0.25) is 0 Å². The maximum Gasteiger partial charge on any atom is 0.339 e. The van der Waals surface area contributed by atoms with E-state index >= 15 is 0 Å². The fourth-order valence-corrected chi connectivity index (χ4v) is 0.930. The van der Waals surface area contributed by atoms with Gasteiger partial charge in [0.1, 0.15) is 0 Å². The monoisotopic (exact) mass is 195 g/mol. The molecule has 0 fully saturated rings. The lowest BCUT2D eigenvalue weighted by Crippen LogP contribution is -2.08. The van der Waals surface area contributed by atoms with Crippen LogP contribution in [0.4, 0.5) is 0 Å². The van der Waals surface area contributed by atoms with E-state index in [-0.39, 0.29) is 6.10 Å². The number of hydrogen-bond donors (Lipinski definition) is 0. The first-order chi connectivity index (χ1) is 6.63. The van der Waals surface area contributed by atoms with Crippen molar-refractivity contribution in [2.24, 2.45) is 0 Å². The highest BCUT2D eigenvalue weighted by Crippen LogP contribution is 2.09. The second-order valence-electron chi connectivity index (χ2n) is 3.04. The lowest BCUT2D eigenvalue weighted by molar-refractivity contribution is 0.0600. The van der Waals surface area contributed by atoms with Crippen molar-refractivity contribution in [1.29, 1.82) is 0 Å². The fraction of sp³-hybridized carbons (Fsp3) is 0.400. The van der Waals surface area contributed by atoms with Crippen molar-refractivity contribution in [3.05, 3.63) is 23.9 Å². The lowest BCUT2D eigenvalue weighted by Gasteiger charge is -2.08. The zero-order valence-electron chi connectivity index (χ0n) is 8.48. The summed E-state index contributed by atoms with van der Waals surface area (Å²) in [6.07, 6.45) is 1.51. The summed E-state index contributed by atoms with van der Waals surface area (Å²) in [5.74, 6) is 0.112. The van der Waals surface area contributed by atoms with Crippen LogP contribution in [0.3, 0.4) is 0 Å². The second kappa shape index (κ2) is 4.60. The number of esters is 1. The molecule has 1 rings (SSSR count). The summed E-state index contributed by atoms with van der Waals surface area (Å²) in [6.45, 7) is 3.83. The lowest BCUT2D eigenvalue weighted by atomic mass is 10.3. The van der Waals surface area contributed by atoms with Crippen LogP contribution in [0.15, 0.2) is 18.3 Å². The van der Waals surface area contributed by atoms with Crippen LogP contribution in [0.25, 0.3) is 0 Å². The summed E-state index contributed by atoms with van der Waals surface area (Å²) in [5.41, 5.74) is 0.420. The topological polar surface area (TPSA) is 48.4 Å². The number of ether oxygens (including phenoxy) is 2. The van der Waals surface area contributed by atoms with E-state index in [0.717, 1.165) is 0 Å². The third-order valence-corrected chi connectivity index (χ3v) is 1.51. The van der Waals surface area contributed by atoms with Gasteiger partial charge in [0.05, 0.1) is 18.8 Å². The highest BCUT2D eigenvalue weighted by atomic mass is 16.5. The van der Waals surface area contributed by atoms with Gasteiger partial charge in [-0.25, -0.2) is 9.78 Å². The van der Waals surface area contributed by atoms with Gasteiger partial charge in [0.2, 0.25) is 5.88 Å². The molecule has 0 aromatic carbocycles. The van der Waals surface area contributed by atoms with Gasteiger partial charge in [0, 0.05) is 12.3 Å². The van der Waals surface area contributed by atoms with E-state index in [9.17, 15) is 4.79 Å². The minimum Gasteiger partial charge on any atom is -0.475 e. The van der Waals surface area contributed by atoms with Crippen LogP contribution >= 0.6 is 0 Å². The van der Waals surface area contributed by atoms with E-state index in [1.807, 2.05) is 13.8 Å². The average Bonchev–Trinajstić information content (AvgIpc) is 2.17. The molecule has 0 amide bonds. The van der Waals surface area contributed by atoms with E-state index in [0.29, 0.717) is 11.4 Å². The predicted octanol–water partition coefficient (Wildman–Crippen LogP) is 1.66. The molecule has 0 aliphatic heterocycles. The van der Waals surface area contributed by atoms with Crippen molar-refractivity contribution < 1.29 is 14.3 Å². The third kappa shape index (κ3) is 2.73. The summed E-state index contributed by atoms with van der Waals surface area (Å²) in [7, 11) is 1.33. The van der Waals surface area contributed by atoms with Gasteiger partial charge in [0.25, 0.3) is 0 Å². The predicted molar refractivity (Wildman–Crippen MR) is 51.3 cm³/mol. The van der Waals surface area contributed by atoms with Crippen LogP contribution in [-0.2, 0) is 4.74 Å². The van der Waals surface area contributed by atoms with Crippen molar-refractivity contribution in [3.63, 3.8) is 0 Å². The molecule has 0 aliphatic rings. The Morgan fingerprint density at radius 1 is 1.43 bits per heavy atom. The largest absolute Gasteiger partial charge is 0.475 e. The van der Waals surface area contributed by atoms with Gasteiger partial charge in [-0.2, -0.15) is 0 Å². The second-order valence-corrected chi connectivity index (χ2v) is 3.04. The van der Waals surface area contributed by atoms with Crippen molar-refractivity contribution in [3.8, 4) is 5.88 Å². The molecule has 0 bridgehead atoms. The van der Waals surface area contributed by atoms with Gasteiger partial charge in [0.15, 0.2) is 0 Å². The Kier molecular flexibility index (Phi) is 3.45. The maximum absolute atomic E-state index is 11.0. The molecule has 1 heterocycles. The molecule has 0 unspecified atom stereocenters. The number of carbonyl (C=O) groups is 1. The smallest absolute Gasteiger partial charge is 0.339 e. The average molecular weight is 195 g/mol. The summed E-state index contributed by atoms with van der Waals surface area (Å²) in [4.78, 5) is 15.0. The molecule has 0 aliphatic carbocycles. The minimum atomic E-state index is -0.395. The number of nitrogens with zero attached hydrogens (tertiary/aromatic N) is 1. The van der Waals surface area contributed by atoms with Crippen LogP contribution in [-0.4, -0.2) is 24.2 Å². The third-order valence-electron chi connectivity index (χ3n) is 1.51.